The molecule has 1 heterocycles. The zero-order valence-electron chi connectivity index (χ0n) is 18.5. The van der Waals surface area contributed by atoms with Crippen LogP contribution in [0, 0.1) is 0 Å². The normalized spacial score (nSPS) is 10.7. The van der Waals surface area contributed by atoms with Crippen molar-refractivity contribution in [3.05, 3.63) is 77.4 Å². The highest BCUT2D eigenvalue weighted by Gasteiger charge is 2.16. The van der Waals surface area contributed by atoms with Gasteiger partial charge in [0.2, 0.25) is 5.82 Å². The summed E-state index contributed by atoms with van der Waals surface area (Å²) in [5.74, 6) is 0.964. The molecule has 0 aliphatic carbocycles. The largest absolute Gasteiger partial charge is 0.507 e. The molecule has 0 aliphatic rings. The molecule has 0 bridgehead atoms. The van der Waals surface area contributed by atoms with Crippen molar-refractivity contribution < 1.29 is 14.6 Å². The number of Topliss-reactive ketones (excluding diaryl/α,β-unsaturated/α-hetero) is 1. The number of nitrogens with one attached hydrogen (secondary N) is 2. The van der Waals surface area contributed by atoms with E-state index < -0.39 is 0 Å². The maximum absolute atomic E-state index is 11.8. The molecule has 3 aromatic carbocycles. The third kappa shape index (κ3) is 5.17. The van der Waals surface area contributed by atoms with E-state index in [1.54, 1.807) is 12.1 Å². The van der Waals surface area contributed by atoms with E-state index in [4.69, 9.17) is 4.74 Å². The lowest BCUT2D eigenvalue weighted by Crippen LogP contribution is -2.03. The minimum absolute atomic E-state index is 0.0127. The molecule has 0 radical (unpaired) electrons. The number of carbonyl (C=O) groups excluding carboxylic acids is 1. The lowest BCUT2D eigenvalue weighted by molar-refractivity contribution is 0.101. The summed E-state index contributed by atoms with van der Waals surface area (Å²) in [7, 11) is 0. The first-order chi connectivity index (χ1) is 16.0. The van der Waals surface area contributed by atoms with E-state index in [9.17, 15) is 9.90 Å². The lowest BCUT2D eigenvalue weighted by Gasteiger charge is -2.15. The summed E-state index contributed by atoms with van der Waals surface area (Å²) < 4.78 is 6.04. The van der Waals surface area contributed by atoms with Gasteiger partial charge in [0.1, 0.15) is 18.1 Å². The van der Waals surface area contributed by atoms with Gasteiger partial charge in [-0.15, -0.1) is 10.2 Å². The SMILES string of the molecule is CCCc1c(OCc2cccc(Nc3cccc(-c4nn[nH]n4)c3)c2)ccc(C(C)=O)c1O. The molecule has 0 spiro atoms. The Balaban J connectivity index is 1.49. The van der Waals surface area contributed by atoms with Gasteiger partial charge in [0.25, 0.3) is 0 Å². The number of carbonyl (C=O) groups is 1. The second-order valence-corrected chi connectivity index (χ2v) is 7.67. The number of ether oxygens (including phenoxy) is 1. The number of phenols is 1. The molecular weight excluding hydrogens is 418 g/mol. The van der Waals surface area contributed by atoms with E-state index in [-0.39, 0.29) is 11.5 Å². The first-order valence-corrected chi connectivity index (χ1v) is 10.7. The number of hydrogen-bond acceptors (Lipinski definition) is 7. The molecule has 3 N–H and O–H groups in total. The molecule has 0 unspecified atom stereocenters. The zero-order chi connectivity index (χ0) is 23.2. The van der Waals surface area contributed by atoms with Crippen molar-refractivity contribution in [1.82, 2.24) is 20.6 Å². The maximum Gasteiger partial charge on any atom is 0.204 e. The average Bonchev–Trinajstić information content (AvgIpc) is 3.35. The van der Waals surface area contributed by atoms with Gasteiger partial charge in [-0.1, -0.05) is 37.6 Å². The molecular formula is C25H25N5O3. The van der Waals surface area contributed by atoms with Crippen molar-refractivity contribution in [1.29, 1.82) is 0 Å². The van der Waals surface area contributed by atoms with Crippen LogP contribution in [0.4, 0.5) is 11.4 Å². The topological polar surface area (TPSA) is 113 Å². The molecule has 8 heteroatoms. The van der Waals surface area contributed by atoms with E-state index in [1.807, 2.05) is 55.5 Å². The number of nitrogens with zero attached hydrogens (tertiary/aromatic N) is 3. The first-order valence-electron chi connectivity index (χ1n) is 10.7. The van der Waals surface area contributed by atoms with E-state index in [2.05, 4.69) is 25.9 Å². The third-order valence-corrected chi connectivity index (χ3v) is 5.20. The smallest absolute Gasteiger partial charge is 0.204 e. The van der Waals surface area contributed by atoms with Crippen molar-refractivity contribution in [2.45, 2.75) is 33.3 Å². The van der Waals surface area contributed by atoms with Crippen LogP contribution in [0.15, 0.2) is 60.7 Å². The minimum Gasteiger partial charge on any atom is -0.507 e. The molecule has 0 saturated carbocycles. The van der Waals surface area contributed by atoms with Crippen molar-refractivity contribution >= 4 is 17.2 Å². The van der Waals surface area contributed by atoms with Crippen LogP contribution in [0.3, 0.4) is 0 Å². The average molecular weight is 444 g/mol. The molecule has 4 aromatic rings. The maximum atomic E-state index is 11.8. The number of hydrogen-bond donors (Lipinski definition) is 3. The summed E-state index contributed by atoms with van der Waals surface area (Å²) in [5.41, 5.74) is 4.60. The van der Waals surface area contributed by atoms with Gasteiger partial charge in [0.05, 0.1) is 5.56 Å². The molecule has 0 amide bonds. The summed E-state index contributed by atoms with van der Waals surface area (Å²) in [6.07, 6.45) is 1.45. The van der Waals surface area contributed by atoms with Crippen LogP contribution in [0.2, 0.25) is 0 Å². The van der Waals surface area contributed by atoms with E-state index in [1.165, 1.54) is 6.92 Å². The van der Waals surface area contributed by atoms with Crippen molar-refractivity contribution in [3.8, 4) is 22.9 Å². The molecule has 168 valence electrons. The van der Waals surface area contributed by atoms with Gasteiger partial charge in [-0.3, -0.25) is 4.79 Å². The number of ketones is 1. The Hall–Kier alpha value is -4.20. The highest BCUT2D eigenvalue weighted by molar-refractivity contribution is 5.97. The van der Waals surface area contributed by atoms with E-state index in [0.717, 1.165) is 28.9 Å². The van der Waals surface area contributed by atoms with Gasteiger partial charge < -0.3 is 15.2 Å². The number of H-pyrrole nitrogens is 1. The Morgan fingerprint density at radius 2 is 1.88 bits per heavy atom. The van der Waals surface area contributed by atoms with Crippen LogP contribution in [0.25, 0.3) is 11.4 Å². The van der Waals surface area contributed by atoms with E-state index >= 15 is 0 Å². The number of benzene rings is 3. The Kier molecular flexibility index (Phi) is 6.64. The lowest BCUT2D eigenvalue weighted by atomic mass is 10.0. The second-order valence-electron chi connectivity index (χ2n) is 7.67. The molecule has 1 aromatic heterocycles. The third-order valence-electron chi connectivity index (χ3n) is 5.20. The summed E-state index contributed by atoms with van der Waals surface area (Å²) >= 11 is 0. The molecule has 8 nitrogen and oxygen atoms in total. The van der Waals surface area contributed by atoms with Gasteiger partial charge in [-0.2, -0.15) is 5.21 Å². The number of anilines is 2. The van der Waals surface area contributed by atoms with Crippen molar-refractivity contribution in [2.24, 2.45) is 0 Å². The van der Waals surface area contributed by atoms with Crippen LogP contribution < -0.4 is 10.1 Å². The molecule has 33 heavy (non-hydrogen) atoms. The molecule has 0 atom stereocenters. The fourth-order valence-electron chi connectivity index (χ4n) is 3.62. The number of tetrazole rings is 1. The molecule has 0 fully saturated rings. The van der Waals surface area contributed by atoms with Crippen LogP contribution in [-0.2, 0) is 13.0 Å². The van der Waals surface area contributed by atoms with Crippen LogP contribution in [-0.4, -0.2) is 31.5 Å². The van der Waals surface area contributed by atoms with Gasteiger partial charge >= 0.3 is 0 Å². The quantitative estimate of drug-likeness (QED) is 0.310. The number of rotatable bonds is 9. The van der Waals surface area contributed by atoms with E-state index in [0.29, 0.717) is 35.7 Å². The van der Waals surface area contributed by atoms with Gasteiger partial charge in [0, 0.05) is 22.5 Å². The highest BCUT2D eigenvalue weighted by Crippen LogP contribution is 2.33. The monoisotopic (exact) mass is 443 g/mol. The number of aromatic hydroxyl groups is 1. The summed E-state index contributed by atoms with van der Waals surface area (Å²) in [5, 5.41) is 28.0. The van der Waals surface area contributed by atoms with Gasteiger partial charge in [-0.25, -0.2) is 0 Å². The van der Waals surface area contributed by atoms with Crippen LogP contribution in [0.1, 0.15) is 41.8 Å². The van der Waals surface area contributed by atoms with Crippen molar-refractivity contribution in [3.63, 3.8) is 0 Å². The molecule has 0 saturated heterocycles. The number of aromatic amines is 1. The molecule has 4 rings (SSSR count). The fraction of sp³-hybridized carbons (Fsp3) is 0.200. The summed E-state index contributed by atoms with van der Waals surface area (Å²) in [4.78, 5) is 11.8. The number of phenolic OH excluding ortho intramolecular Hbond substituents is 1. The zero-order valence-corrected chi connectivity index (χ0v) is 18.5. The molecule has 0 aliphatic heterocycles. The predicted molar refractivity (Wildman–Crippen MR) is 126 cm³/mol. The fourth-order valence-corrected chi connectivity index (χ4v) is 3.62. The minimum atomic E-state index is -0.168. The Morgan fingerprint density at radius 1 is 1.09 bits per heavy atom. The van der Waals surface area contributed by atoms with Crippen LogP contribution >= 0.6 is 0 Å². The summed E-state index contributed by atoms with van der Waals surface area (Å²) in [6, 6.07) is 19.0. The first kappa shape index (κ1) is 22.0. The second kappa shape index (κ2) is 9.95. The standard InChI is InChI=1S/C25H25N5O3/c1-3-6-22-23(12-11-21(16(2)31)24(22)32)33-15-17-7-4-9-19(13-17)26-20-10-5-8-18(14-20)25-27-29-30-28-25/h4-5,7-14,26,32H,3,6,15H2,1-2H3,(H,27,28,29,30). The number of aromatic nitrogens is 4. The van der Waals surface area contributed by atoms with Crippen LogP contribution in [0.5, 0.6) is 11.5 Å². The Morgan fingerprint density at radius 3 is 2.61 bits per heavy atom. The predicted octanol–water partition coefficient (Wildman–Crippen LogP) is 5.05. The summed E-state index contributed by atoms with van der Waals surface area (Å²) in [6.45, 7) is 3.79. The van der Waals surface area contributed by atoms with Crippen molar-refractivity contribution in [2.75, 3.05) is 5.32 Å². The highest BCUT2D eigenvalue weighted by atomic mass is 16.5. The Labute approximate surface area is 191 Å². The van der Waals surface area contributed by atoms with Gasteiger partial charge in [0.15, 0.2) is 5.78 Å². The van der Waals surface area contributed by atoms with Gasteiger partial charge in [-0.05, 0) is 60.5 Å². The Bertz CT molecular complexity index is 1250.